The van der Waals surface area contributed by atoms with E-state index in [0.29, 0.717) is 19.4 Å². The number of hydrogen-bond acceptors (Lipinski definition) is 3. The van der Waals surface area contributed by atoms with E-state index in [0.717, 1.165) is 12.2 Å². The zero-order valence-electron chi connectivity index (χ0n) is 10.6. The summed E-state index contributed by atoms with van der Waals surface area (Å²) in [6, 6.07) is 9.56. The van der Waals surface area contributed by atoms with E-state index in [9.17, 15) is 9.90 Å². The maximum atomic E-state index is 11.4. The summed E-state index contributed by atoms with van der Waals surface area (Å²) in [7, 11) is 0. The van der Waals surface area contributed by atoms with Crippen LogP contribution in [0.15, 0.2) is 30.3 Å². The second-order valence-corrected chi connectivity index (χ2v) is 4.71. The molecule has 2 atom stereocenters. The van der Waals surface area contributed by atoms with Crippen molar-refractivity contribution in [3.8, 4) is 5.75 Å². The first-order valence-corrected chi connectivity index (χ1v) is 6.36. The number of likely N-dealkylation sites (N-methyl/N-ethyl adjacent to an activating group) is 1. The quantitative estimate of drug-likeness (QED) is 0.838. The molecule has 0 heterocycles. The number of ether oxygens (including phenoxy) is 1. The number of rotatable bonds is 5. The largest absolute Gasteiger partial charge is 0.490 e. The number of para-hydroxylation sites is 1. The average Bonchev–Trinajstić information content (AvgIpc) is 2.76. The van der Waals surface area contributed by atoms with Gasteiger partial charge in [0.2, 0.25) is 0 Å². The first-order valence-electron chi connectivity index (χ1n) is 6.36. The Labute approximate surface area is 107 Å². The second-order valence-electron chi connectivity index (χ2n) is 4.71. The lowest BCUT2D eigenvalue weighted by Crippen LogP contribution is -2.50. The highest BCUT2D eigenvalue weighted by Gasteiger charge is 2.45. The SMILES string of the molecule is CCNC1(C(=O)O)CCC(Oc2ccccc2)C1. The summed E-state index contributed by atoms with van der Waals surface area (Å²) in [4.78, 5) is 11.4. The van der Waals surface area contributed by atoms with Crippen molar-refractivity contribution in [3.63, 3.8) is 0 Å². The van der Waals surface area contributed by atoms with Gasteiger partial charge in [-0.25, -0.2) is 0 Å². The van der Waals surface area contributed by atoms with Crippen LogP contribution in [-0.2, 0) is 4.79 Å². The van der Waals surface area contributed by atoms with Crippen LogP contribution < -0.4 is 10.1 Å². The number of carbonyl (C=O) groups is 1. The van der Waals surface area contributed by atoms with Gasteiger partial charge in [-0.1, -0.05) is 25.1 Å². The molecular formula is C14H19NO3. The van der Waals surface area contributed by atoms with Crippen molar-refractivity contribution in [1.82, 2.24) is 5.32 Å². The molecule has 1 aliphatic rings. The zero-order valence-corrected chi connectivity index (χ0v) is 10.6. The molecule has 2 N–H and O–H groups in total. The third kappa shape index (κ3) is 2.64. The van der Waals surface area contributed by atoms with Gasteiger partial charge in [0, 0.05) is 6.42 Å². The topological polar surface area (TPSA) is 58.6 Å². The second kappa shape index (κ2) is 5.40. The van der Waals surface area contributed by atoms with Gasteiger partial charge < -0.3 is 15.2 Å². The van der Waals surface area contributed by atoms with Crippen molar-refractivity contribution in [1.29, 1.82) is 0 Å². The third-order valence-corrected chi connectivity index (χ3v) is 3.44. The minimum atomic E-state index is -0.811. The van der Waals surface area contributed by atoms with Gasteiger partial charge in [-0.05, 0) is 31.5 Å². The number of carboxylic acid groups (broad SMARTS) is 1. The van der Waals surface area contributed by atoms with Gasteiger partial charge in [0.25, 0.3) is 0 Å². The molecule has 4 heteroatoms. The molecule has 1 aromatic rings. The molecule has 1 aliphatic carbocycles. The molecular weight excluding hydrogens is 230 g/mol. The van der Waals surface area contributed by atoms with Gasteiger partial charge in [0.15, 0.2) is 0 Å². The molecule has 2 rings (SSSR count). The van der Waals surface area contributed by atoms with Crippen LogP contribution in [0.1, 0.15) is 26.2 Å². The van der Waals surface area contributed by atoms with Crippen LogP contribution in [0.2, 0.25) is 0 Å². The summed E-state index contributed by atoms with van der Waals surface area (Å²) >= 11 is 0. The lowest BCUT2D eigenvalue weighted by Gasteiger charge is -2.25. The van der Waals surface area contributed by atoms with E-state index in [4.69, 9.17) is 4.74 Å². The summed E-state index contributed by atoms with van der Waals surface area (Å²) in [5.74, 6) is 0.0312. The summed E-state index contributed by atoms with van der Waals surface area (Å²) in [6.07, 6.45) is 1.88. The molecule has 98 valence electrons. The van der Waals surface area contributed by atoms with E-state index >= 15 is 0 Å². The van der Waals surface area contributed by atoms with Gasteiger partial charge >= 0.3 is 5.97 Å². The highest BCUT2D eigenvalue weighted by molar-refractivity contribution is 5.79. The summed E-state index contributed by atoms with van der Waals surface area (Å²) in [5, 5.41) is 12.5. The summed E-state index contributed by atoms with van der Waals surface area (Å²) < 4.78 is 5.82. The van der Waals surface area contributed by atoms with Gasteiger partial charge in [-0.3, -0.25) is 4.79 Å². The van der Waals surface area contributed by atoms with Crippen LogP contribution in [0.3, 0.4) is 0 Å². The van der Waals surface area contributed by atoms with E-state index in [2.05, 4.69) is 5.32 Å². The van der Waals surface area contributed by atoms with Crippen molar-refractivity contribution in [2.45, 2.75) is 37.8 Å². The molecule has 4 nitrogen and oxygen atoms in total. The molecule has 1 fully saturated rings. The maximum Gasteiger partial charge on any atom is 0.324 e. The van der Waals surface area contributed by atoms with Gasteiger partial charge in [0.1, 0.15) is 17.4 Å². The number of aliphatic carboxylic acids is 1. The lowest BCUT2D eigenvalue weighted by molar-refractivity contribution is -0.144. The fraction of sp³-hybridized carbons (Fsp3) is 0.500. The maximum absolute atomic E-state index is 11.4. The Morgan fingerprint density at radius 3 is 2.83 bits per heavy atom. The van der Waals surface area contributed by atoms with Gasteiger partial charge in [0.05, 0.1) is 0 Å². The third-order valence-electron chi connectivity index (χ3n) is 3.44. The van der Waals surface area contributed by atoms with E-state index in [1.54, 1.807) is 0 Å². The van der Waals surface area contributed by atoms with Gasteiger partial charge in [-0.2, -0.15) is 0 Å². The van der Waals surface area contributed by atoms with Crippen LogP contribution in [0.5, 0.6) is 5.75 Å². The van der Waals surface area contributed by atoms with E-state index in [1.807, 2.05) is 37.3 Å². The first kappa shape index (κ1) is 12.9. The molecule has 0 bridgehead atoms. The fourth-order valence-electron chi connectivity index (χ4n) is 2.56. The fourth-order valence-corrected chi connectivity index (χ4v) is 2.56. The van der Waals surface area contributed by atoms with Crippen LogP contribution in [0.4, 0.5) is 0 Å². The molecule has 0 aromatic heterocycles. The van der Waals surface area contributed by atoms with Crippen LogP contribution in [0.25, 0.3) is 0 Å². The number of benzene rings is 1. The summed E-state index contributed by atoms with van der Waals surface area (Å²) in [5.41, 5.74) is -0.811. The Balaban J connectivity index is 2.01. The summed E-state index contributed by atoms with van der Waals surface area (Å²) in [6.45, 7) is 2.58. The van der Waals surface area contributed by atoms with Gasteiger partial charge in [-0.15, -0.1) is 0 Å². The zero-order chi connectivity index (χ0) is 13.0. The van der Waals surface area contributed by atoms with Crippen molar-refractivity contribution in [2.75, 3.05) is 6.54 Å². The molecule has 2 unspecified atom stereocenters. The molecule has 1 aromatic carbocycles. The highest BCUT2D eigenvalue weighted by atomic mass is 16.5. The minimum Gasteiger partial charge on any atom is -0.490 e. The van der Waals surface area contributed by atoms with Crippen molar-refractivity contribution >= 4 is 5.97 Å². The minimum absolute atomic E-state index is 0.0254. The molecule has 0 saturated heterocycles. The van der Waals surface area contributed by atoms with Crippen LogP contribution in [0, 0.1) is 0 Å². The Bertz CT molecular complexity index is 407. The molecule has 1 saturated carbocycles. The average molecular weight is 249 g/mol. The van der Waals surface area contributed by atoms with Crippen LogP contribution >= 0.6 is 0 Å². The Morgan fingerprint density at radius 2 is 2.22 bits per heavy atom. The molecule has 0 spiro atoms. The standard InChI is InChI=1S/C14H19NO3/c1-2-15-14(13(16)17)9-8-12(10-14)18-11-6-4-3-5-7-11/h3-7,12,15H,2,8-10H2,1H3,(H,16,17). The van der Waals surface area contributed by atoms with E-state index in [1.165, 1.54) is 0 Å². The predicted octanol–water partition coefficient (Wildman–Crippen LogP) is 2.05. The van der Waals surface area contributed by atoms with E-state index in [-0.39, 0.29) is 6.10 Å². The lowest BCUT2D eigenvalue weighted by atomic mass is 9.98. The highest BCUT2D eigenvalue weighted by Crippen LogP contribution is 2.33. The van der Waals surface area contributed by atoms with Crippen LogP contribution in [-0.4, -0.2) is 29.3 Å². The normalized spacial score (nSPS) is 27.1. The smallest absolute Gasteiger partial charge is 0.324 e. The van der Waals surface area contributed by atoms with E-state index < -0.39 is 11.5 Å². The number of nitrogens with one attached hydrogen (secondary N) is 1. The van der Waals surface area contributed by atoms with Crippen molar-refractivity contribution in [3.05, 3.63) is 30.3 Å². The molecule has 0 radical (unpaired) electrons. The predicted molar refractivity (Wildman–Crippen MR) is 68.8 cm³/mol. The molecule has 0 amide bonds. The Kier molecular flexibility index (Phi) is 3.87. The van der Waals surface area contributed by atoms with Crippen molar-refractivity contribution in [2.24, 2.45) is 0 Å². The Morgan fingerprint density at radius 1 is 1.50 bits per heavy atom. The monoisotopic (exact) mass is 249 g/mol. The first-order chi connectivity index (χ1) is 8.66. The molecule has 0 aliphatic heterocycles. The number of hydrogen-bond donors (Lipinski definition) is 2. The Hall–Kier alpha value is -1.55. The number of carboxylic acids is 1. The van der Waals surface area contributed by atoms with Crippen molar-refractivity contribution < 1.29 is 14.6 Å². The molecule has 18 heavy (non-hydrogen) atoms.